The van der Waals surface area contributed by atoms with Gasteiger partial charge in [0.2, 0.25) is 0 Å². The smallest absolute Gasteiger partial charge is 0.385 e. The molecule has 0 aliphatic carbocycles. The summed E-state index contributed by atoms with van der Waals surface area (Å²) < 4.78 is 62.9. The van der Waals surface area contributed by atoms with E-state index in [9.17, 15) is 22.0 Å². The monoisotopic (exact) mass is 214 g/mol. The number of halogens is 5. The van der Waals surface area contributed by atoms with Crippen molar-refractivity contribution in [1.82, 2.24) is 4.98 Å². The van der Waals surface area contributed by atoms with Crippen molar-refractivity contribution < 1.29 is 26.7 Å². The number of nitrogens with zero attached hydrogens (tertiary/aromatic N) is 1. The maximum Gasteiger partial charge on any atom is 0.574 e. The lowest BCUT2D eigenvalue weighted by molar-refractivity contribution is -0.277. The summed E-state index contributed by atoms with van der Waals surface area (Å²) >= 11 is 0. The summed E-state index contributed by atoms with van der Waals surface area (Å²) in [4.78, 5) is 2.74. The lowest BCUT2D eigenvalue weighted by Gasteiger charge is -2.08. The zero-order valence-electron chi connectivity index (χ0n) is 6.40. The molecule has 0 unspecified atom stereocenters. The highest BCUT2D eigenvalue weighted by Crippen LogP contribution is 2.25. The SMILES string of the molecule is Nc1nc(OC(F)(F)F)c(F)cc1F. The number of ether oxygens (including phenoxy) is 1. The maximum absolute atomic E-state index is 12.6. The third-order valence-corrected chi connectivity index (χ3v) is 1.14. The number of nitrogen functional groups attached to an aromatic ring is 1. The second kappa shape index (κ2) is 3.28. The lowest BCUT2D eigenvalue weighted by atomic mass is 10.4. The number of anilines is 1. The Hall–Kier alpha value is -1.60. The Morgan fingerprint density at radius 1 is 1.21 bits per heavy atom. The van der Waals surface area contributed by atoms with Gasteiger partial charge >= 0.3 is 6.36 Å². The van der Waals surface area contributed by atoms with Gasteiger partial charge in [-0.3, -0.25) is 0 Å². The van der Waals surface area contributed by atoms with E-state index in [1.807, 2.05) is 0 Å². The summed E-state index contributed by atoms with van der Waals surface area (Å²) in [7, 11) is 0. The van der Waals surface area contributed by atoms with Crippen LogP contribution in [0.5, 0.6) is 5.88 Å². The van der Waals surface area contributed by atoms with E-state index in [1.54, 1.807) is 0 Å². The first-order chi connectivity index (χ1) is 6.29. The molecule has 0 spiro atoms. The second-order valence-corrected chi connectivity index (χ2v) is 2.19. The largest absolute Gasteiger partial charge is 0.574 e. The Morgan fingerprint density at radius 3 is 2.29 bits per heavy atom. The van der Waals surface area contributed by atoms with E-state index in [-0.39, 0.29) is 6.07 Å². The van der Waals surface area contributed by atoms with Gasteiger partial charge in [-0.25, -0.2) is 8.78 Å². The summed E-state index contributed by atoms with van der Waals surface area (Å²) in [5.41, 5.74) is 4.81. The minimum Gasteiger partial charge on any atom is -0.385 e. The minimum absolute atomic E-state index is 0.156. The van der Waals surface area contributed by atoms with Gasteiger partial charge in [0.15, 0.2) is 17.5 Å². The van der Waals surface area contributed by atoms with Crippen molar-refractivity contribution in [3.63, 3.8) is 0 Å². The topological polar surface area (TPSA) is 48.1 Å². The highest BCUT2D eigenvalue weighted by atomic mass is 19.4. The first-order valence-corrected chi connectivity index (χ1v) is 3.17. The molecule has 0 aliphatic heterocycles. The second-order valence-electron chi connectivity index (χ2n) is 2.19. The molecule has 0 saturated carbocycles. The molecule has 3 nitrogen and oxygen atoms in total. The number of alkyl halides is 3. The van der Waals surface area contributed by atoms with Crippen LogP contribution in [0.15, 0.2) is 6.07 Å². The van der Waals surface area contributed by atoms with Gasteiger partial charge in [0.25, 0.3) is 5.88 Å². The van der Waals surface area contributed by atoms with E-state index >= 15 is 0 Å². The molecule has 0 atom stereocenters. The van der Waals surface area contributed by atoms with Crippen molar-refractivity contribution >= 4 is 5.82 Å². The summed E-state index contributed by atoms with van der Waals surface area (Å²) in [6.45, 7) is 0. The molecular weight excluding hydrogens is 211 g/mol. The molecule has 0 amide bonds. The number of hydrogen-bond acceptors (Lipinski definition) is 3. The first-order valence-electron chi connectivity index (χ1n) is 3.17. The summed E-state index contributed by atoms with van der Waals surface area (Å²) in [6, 6.07) is 0.156. The molecule has 1 rings (SSSR count). The average molecular weight is 214 g/mol. The molecule has 0 bridgehead atoms. The summed E-state index contributed by atoms with van der Waals surface area (Å²) in [5.74, 6) is -5.10. The van der Waals surface area contributed by atoms with E-state index in [0.29, 0.717) is 0 Å². The third kappa shape index (κ3) is 2.44. The Morgan fingerprint density at radius 2 is 1.79 bits per heavy atom. The fourth-order valence-corrected chi connectivity index (χ4v) is 0.644. The van der Waals surface area contributed by atoms with Crippen LogP contribution in [0.1, 0.15) is 0 Å². The van der Waals surface area contributed by atoms with Gasteiger partial charge in [-0.1, -0.05) is 0 Å². The molecule has 1 heterocycles. The Balaban J connectivity index is 3.04. The molecule has 0 aliphatic rings. The predicted molar refractivity (Wildman–Crippen MR) is 35.2 cm³/mol. The molecule has 1 aromatic rings. The van der Waals surface area contributed by atoms with Gasteiger partial charge in [-0.05, 0) is 0 Å². The number of pyridine rings is 1. The molecule has 0 radical (unpaired) electrons. The van der Waals surface area contributed by atoms with Gasteiger partial charge in [-0.2, -0.15) is 4.98 Å². The molecule has 8 heteroatoms. The number of aromatic nitrogens is 1. The van der Waals surface area contributed by atoms with E-state index < -0.39 is 29.7 Å². The van der Waals surface area contributed by atoms with Crippen LogP contribution in [-0.2, 0) is 0 Å². The van der Waals surface area contributed by atoms with Crippen LogP contribution in [0.2, 0.25) is 0 Å². The molecule has 2 N–H and O–H groups in total. The lowest BCUT2D eigenvalue weighted by Crippen LogP contribution is -2.19. The van der Waals surface area contributed by atoms with E-state index in [4.69, 9.17) is 5.73 Å². The van der Waals surface area contributed by atoms with Crippen molar-refractivity contribution in [3.8, 4) is 5.88 Å². The number of hydrogen-bond donors (Lipinski definition) is 1. The first kappa shape index (κ1) is 10.5. The molecule has 0 fully saturated rings. The molecule has 0 saturated heterocycles. The van der Waals surface area contributed by atoms with Crippen LogP contribution in [-0.4, -0.2) is 11.3 Å². The standard InChI is InChI=1S/C6H3F5N2O/c7-2-1-3(8)5(13-4(2)12)14-6(9,10)11/h1H,(H2,12,13). The summed E-state index contributed by atoms with van der Waals surface area (Å²) in [5, 5.41) is 0. The highest BCUT2D eigenvalue weighted by molar-refractivity contribution is 5.34. The number of nitrogens with two attached hydrogens (primary N) is 1. The van der Waals surface area contributed by atoms with Crippen LogP contribution in [0.4, 0.5) is 27.8 Å². The van der Waals surface area contributed by atoms with Gasteiger partial charge < -0.3 is 10.5 Å². The molecular formula is C6H3F5N2O. The van der Waals surface area contributed by atoms with Crippen LogP contribution >= 0.6 is 0 Å². The quantitative estimate of drug-likeness (QED) is 0.725. The fourth-order valence-electron chi connectivity index (χ4n) is 0.644. The van der Waals surface area contributed by atoms with Crippen LogP contribution in [0, 0.1) is 11.6 Å². The van der Waals surface area contributed by atoms with E-state index in [1.165, 1.54) is 0 Å². The molecule has 14 heavy (non-hydrogen) atoms. The van der Waals surface area contributed by atoms with Gasteiger partial charge in [-0.15, -0.1) is 13.2 Å². The third-order valence-electron chi connectivity index (χ3n) is 1.14. The average Bonchev–Trinajstić information content (AvgIpc) is 1.97. The van der Waals surface area contributed by atoms with Crippen LogP contribution < -0.4 is 10.5 Å². The van der Waals surface area contributed by atoms with Crippen molar-refractivity contribution in [2.24, 2.45) is 0 Å². The molecule has 78 valence electrons. The molecule has 1 aromatic heterocycles. The Bertz CT molecular complexity index is 351. The van der Waals surface area contributed by atoms with Crippen molar-refractivity contribution in [3.05, 3.63) is 17.7 Å². The zero-order valence-corrected chi connectivity index (χ0v) is 6.40. The zero-order chi connectivity index (χ0) is 10.9. The van der Waals surface area contributed by atoms with Crippen molar-refractivity contribution in [2.45, 2.75) is 6.36 Å². The minimum atomic E-state index is -5.10. The summed E-state index contributed by atoms with van der Waals surface area (Å²) in [6.07, 6.45) is -5.10. The Labute approximate surface area is 74.3 Å². The van der Waals surface area contributed by atoms with Gasteiger partial charge in [0.1, 0.15) is 0 Å². The maximum atomic E-state index is 12.6. The fraction of sp³-hybridized carbons (Fsp3) is 0.167. The van der Waals surface area contributed by atoms with Gasteiger partial charge in [0.05, 0.1) is 0 Å². The highest BCUT2D eigenvalue weighted by Gasteiger charge is 2.33. The van der Waals surface area contributed by atoms with Gasteiger partial charge in [0, 0.05) is 6.07 Å². The van der Waals surface area contributed by atoms with Crippen molar-refractivity contribution in [2.75, 3.05) is 5.73 Å². The predicted octanol–water partition coefficient (Wildman–Crippen LogP) is 1.84. The normalized spacial score (nSPS) is 11.5. The molecule has 0 aromatic carbocycles. The van der Waals surface area contributed by atoms with E-state index in [0.717, 1.165) is 0 Å². The number of rotatable bonds is 1. The van der Waals surface area contributed by atoms with Crippen LogP contribution in [0.25, 0.3) is 0 Å². The van der Waals surface area contributed by atoms with Crippen molar-refractivity contribution in [1.29, 1.82) is 0 Å². The Kier molecular flexibility index (Phi) is 2.45. The van der Waals surface area contributed by atoms with Crippen LogP contribution in [0.3, 0.4) is 0 Å². The van der Waals surface area contributed by atoms with E-state index in [2.05, 4.69) is 9.72 Å².